The highest BCUT2D eigenvalue weighted by Gasteiger charge is 2.19. The molecule has 0 amide bonds. The summed E-state index contributed by atoms with van der Waals surface area (Å²) in [7, 11) is 0. The van der Waals surface area contributed by atoms with Gasteiger partial charge < -0.3 is 9.47 Å². The molecule has 0 radical (unpaired) electrons. The van der Waals surface area contributed by atoms with Gasteiger partial charge in [0.15, 0.2) is 0 Å². The Morgan fingerprint density at radius 2 is 1.81 bits per heavy atom. The fraction of sp³-hybridized carbons (Fsp3) is 0.923. The molecule has 1 fully saturated rings. The zero-order chi connectivity index (χ0) is 12.0. The van der Waals surface area contributed by atoms with Crippen LogP contribution in [0.25, 0.3) is 0 Å². The summed E-state index contributed by atoms with van der Waals surface area (Å²) in [4.78, 5) is 11.2. The van der Waals surface area contributed by atoms with Crippen molar-refractivity contribution in [3.63, 3.8) is 0 Å². The normalized spacial score (nSPS) is 25.5. The van der Waals surface area contributed by atoms with Crippen LogP contribution in [0.2, 0.25) is 0 Å². The van der Waals surface area contributed by atoms with Gasteiger partial charge in [0.2, 0.25) is 0 Å². The maximum absolute atomic E-state index is 11.2. The lowest BCUT2D eigenvalue weighted by Crippen LogP contribution is -2.20. The van der Waals surface area contributed by atoms with Crippen molar-refractivity contribution in [2.75, 3.05) is 13.2 Å². The van der Waals surface area contributed by atoms with Gasteiger partial charge in [0.05, 0.1) is 13.2 Å². The third-order valence-corrected chi connectivity index (χ3v) is 3.11. The first kappa shape index (κ1) is 13.3. The van der Waals surface area contributed by atoms with Gasteiger partial charge in [-0.15, -0.1) is 0 Å². The molecule has 0 N–H and O–H groups in total. The van der Waals surface area contributed by atoms with Gasteiger partial charge in [0, 0.05) is 0 Å². The molecule has 0 aromatic heterocycles. The maximum Gasteiger partial charge on any atom is 0.508 e. The summed E-state index contributed by atoms with van der Waals surface area (Å²) >= 11 is 0. The third-order valence-electron chi connectivity index (χ3n) is 3.11. The lowest BCUT2D eigenvalue weighted by Gasteiger charge is -2.25. The van der Waals surface area contributed by atoms with Gasteiger partial charge in [0.25, 0.3) is 0 Å². The van der Waals surface area contributed by atoms with Crippen molar-refractivity contribution in [2.45, 2.75) is 46.5 Å². The maximum atomic E-state index is 11.2. The SMILES string of the molecule is CC(C)COC(=O)OCC1CCC(C)CC1. The molecule has 1 aliphatic carbocycles. The summed E-state index contributed by atoms with van der Waals surface area (Å²) in [5.41, 5.74) is 0. The van der Waals surface area contributed by atoms with E-state index < -0.39 is 6.16 Å². The van der Waals surface area contributed by atoms with Crippen molar-refractivity contribution < 1.29 is 14.3 Å². The molecule has 16 heavy (non-hydrogen) atoms. The second-order valence-corrected chi connectivity index (χ2v) is 5.39. The molecule has 3 heteroatoms. The molecule has 0 unspecified atom stereocenters. The zero-order valence-electron chi connectivity index (χ0n) is 10.7. The second-order valence-electron chi connectivity index (χ2n) is 5.39. The van der Waals surface area contributed by atoms with Crippen LogP contribution in [0.1, 0.15) is 46.5 Å². The Kier molecular flexibility index (Phi) is 5.64. The van der Waals surface area contributed by atoms with Crippen LogP contribution >= 0.6 is 0 Å². The largest absolute Gasteiger partial charge is 0.508 e. The van der Waals surface area contributed by atoms with Crippen molar-refractivity contribution >= 4 is 6.16 Å². The molecule has 0 saturated heterocycles. The van der Waals surface area contributed by atoms with Gasteiger partial charge in [-0.3, -0.25) is 0 Å². The highest BCUT2D eigenvalue weighted by Crippen LogP contribution is 2.28. The quantitative estimate of drug-likeness (QED) is 0.689. The first-order chi connectivity index (χ1) is 7.58. The molecule has 94 valence electrons. The Morgan fingerprint density at radius 3 is 2.38 bits per heavy atom. The Hall–Kier alpha value is -0.730. The van der Waals surface area contributed by atoms with E-state index in [1.54, 1.807) is 0 Å². The van der Waals surface area contributed by atoms with Gasteiger partial charge >= 0.3 is 6.16 Å². The van der Waals surface area contributed by atoms with Crippen molar-refractivity contribution in [3.05, 3.63) is 0 Å². The van der Waals surface area contributed by atoms with Crippen LogP contribution in [0.15, 0.2) is 0 Å². The van der Waals surface area contributed by atoms with E-state index in [4.69, 9.17) is 9.47 Å². The predicted octanol–water partition coefficient (Wildman–Crippen LogP) is 3.62. The molecule has 0 aromatic rings. The molecule has 0 bridgehead atoms. The zero-order valence-corrected chi connectivity index (χ0v) is 10.7. The van der Waals surface area contributed by atoms with E-state index in [9.17, 15) is 4.79 Å². The fourth-order valence-electron chi connectivity index (χ4n) is 1.96. The topological polar surface area (TPSA) is 35.5 Å². The second kappa shape index (κ2) is 6.77. The van der Waals surface area contributed by atoms with Crippen molar-refractivity contribution in [3.8, 4) is 0 Å². The number of hydrogen-bond acceptors (Lipinski definition) is 3. The summed E-state index contributed by atoms with van der Waals surface area (Å²) < 4.78 is 10.1. The van der Waals surface area contributed by atoms with Crippen LogP contribution in [-0.2, 0) is 9.47 Å². The van der Waals surface area contributed by atoms with E-state index in [-0.39, 0.29) is 0 Å². The van der Waals surface area contributed by atoms with Crippen LogP contribution in [0.3, 0.4) is 0 Å². The van der Waals surface area contributed by atoms with E-state index in [1.165, 1.54) is 25.7 Å². The number of carbonyl (C=O) groups excluding carboxylic acids is 1. The molecule has 0 aliphatic heterocycles. The fourth-order valence-corrected chi connectivity index (χ4v) is 1.96. The molecular formula is C13H24O3. The molecule has 0 spiro atoms. The smallest absolute Gasteiger partial charge is 0.434 e. The van der Waals surface area contributed by atoms with Crippen LogP contribution < -0.4 is 0 Å². The molecule has 0 heterocycles. The van der Waals surface area contributed by atoms with Gasteiger partial charge in [0.1, 0.15) is 0 Å². The Bertz CT molecular complexity index is 205. The monoisotopic (exact) mass is 228 g/mol. The number of hydrogen-bond donors (Lipinski definition) is 0. The van der Waals surface area contributed by atoms with E-state index in [0.717, 1.165) is 5.92 Å². The minimum Gasteiger partial charge on any atom is -0.434 e. The first-order valence-corrected chi connectivity index (χ1v) is 6.37. The molecule has 0 aromatic carbocycles. The molecule has 1 rings (SSSR count). The van der Waals surface area contributed by atoms with Crippen molar-refractivity contribution in [2.24, 2.45) is 17.8 Å². The standard InChI is InChI=1S/C13H24O3/c1-10(2)8-15-13(14)16-9-12-6-4-11(3)5-7-12/h10-12H,4-9H2,1-3H3. The average Bonchev–Trinajstić information content (AvgIpc) is 2.25. The van der Waals surface area contributed by atoms with Gasteiger partial charge in [-0.1, -0.05) is 33.6 Å². The summed E-state index contributed by atoms with van der Waals surface area (Å²) in [5, 5.41) is 0. The molecule has 0 atom stereocenters. The Balaban J connectivity index is 2.07. The van der Waals surface area contributed by atoms with Crippen LogP contribution in [-0.4, -0.2) is 19.4 Å². The van der Waals surface area contributed by atoms with Gasteiger partial charge in [-0.05, 0) is 30.6 Å². The molecule has 1 saturated carbocycles. The van der Waals surface area contributed by atoms with Crippen molar-refractivity contribution in [1.29, 1.82) is 0 Å². The highest BCUT2D eigenvalue weighted by atomic mass is 16.7. The van der Waals surface area contributed by atoms with Gasteiger partial charge in [-0.2, -0.15) is 0 Å². The van der Waals surface area contributed by atoms with Gasteiger partial charge in [-0.25, -0.2) is 4.79 Å². The van der Waals surface area contributed by atoms with Crippen LogP contribution in [0.4, 0.5) is 4.79 Å². The van der Waals surface area contributed by atoms with Crippen LogP contribution in [0.5, 0.6) is 0 Å². The lowest BCUT2D eigenvalue weighted by atomic mass is 9.83. The summed E-state index contributed by atoms with van der Waals surface area (Å²) in [6.45, 7) is 7.28. The molecule has 1 aliphatic rings. The number of ether oxygens (including phenoxy) is 2. The first-order valence-electron chi connectivity index (χ1n) is 6.37. The average molecular weight is 228 g/mol. The molecule has 3 nitrogen and oxygen atoms in total. The van der Waals surface area contributed by atoms with Crippen molar-refractivity contribution in [1.82, 2.24) is 0 Å². The number of rotatable bonds is 4. The lowest BCUT2D eigenvalue weighted by molar-refractivity contribution is 0.0317. The van der Waals surface area contributed by atoms with E-state index in [1.807, 2.05) is 13.8 Å². The number of carbonyl (C=O) groups is 1. The third kappa shape index (κ3) is 5.38. The summed E-state index contributed by atoms with van der Waals surface area (Å²) in [6, 6.07) is 0. The van der Waals surface area contributed by atoms with E-state index in [0.29, 0.717) is 25.0 Å². The highest BCUT2D eigenvalue weighted by molar-refractivity contribution is 5.59. The summed E-state index contributed by atoms with van der Waals surface area (Å²) in [5.74, 6) is 1.75. The van der Waals surface area contributed by atoms with Crippen LogP contribution in [0, 0.1) is 17.8 Å². The minimum atomic E-state index is -0.507. The summed E-state index contributed by atoms with van der Waals surface area (Å²) in [6.07, 6.45) is 4.37. The predicted molar refractivity (Wildman–Crippen MR) is 63.3 cm³/mol. The minimum absolute atomic E-state index is 0.364. The molecular weight excluding hydrogens is 204 g/mol. The van der Waals surface area contributed by atoms with E-state index >= 15 is 0 Å². The Labute approximate surface area is 98.5 Å². The van der Waals surface area contributed by atoms with E-state index in [2.05, 4.69) is 6.92 Å². The Morgan fingerprint density at radius 1 is 1.19 bits per heavy atom.